The molecule has 3 aromatic rings. The summed E-state index contributed by atoms with van der Waals surface area (Å²) in [4.78, 5) is 4.17. The van der Waals surface area contributed by atoms with E-state index in [9.17, 15) is 0 Å². The molecule has 4 heteroatoms. The average molecular weight is 280 g/mol. The molecule has 2 aromatic heterocycles. The monoisotopic (exact) mass is 280 g/mol. The Labute approximate surface area is 124 Å². The van der Waals surface area contributed by atoms with E-state index in [0.29, 0.717) is 0 Å². The number of hydrogen-bond acceptors (Lipinski definition) is 3. The Morgan fingerprint density at radius 2 is 2.05 bits per heavy atom. The minimum atomic E-state index is 0.254. The second-order valence-corrected chi connectivity index (χ2v) is 5.17. The maximum Gasteiger partial charge on any atom is 0.0841 e. The van der Waals surface area contributed by atoms with Crippen LogP contribution in [0, 0.1) is 0 Å². The molecular weight excluding hydrogens is 260 g/mol. The highest BCUT2D eigenvalue weighted by Crippen LogP contribution is 2.19. The molecule has 4 nitrogen and oxygen atoms in total. The zero-order chi connectivity index (χ0) is 14.7. The molecule has 0 saturated heterocycles. The molecule has 0 spiro atoms. The molecule has 1 N–H and O–H groups in total. The number of hydrogen-bond donors (Lipinski definition) is 1. The third-order valence-electron chi connectivity index (χ3n) is 3.79. The van der Waals surface area contributed by atoms with Crippen LogP contribution in [0.3, 0.4) is 0 Å². The van der Waals surface area contributed by atoms with E-state index >= 15 is 0 Å². The van der Waals surface area contributed by atoms with Gasteiger partial charge in [-0.3, -0.25) is 9.67 Å². The quantitative estimate of drug-likeness (QED) is 0.779. The SMILES string of the molecule is CCn1nc(CN[C@@H](C)c2cccnc2)c2ccccc21. The molecule has 3 rings (SSSR count). The van der Waals surface area contributed by atoms with Crippen molar-refractivity contribution in [2.45, 2.75) is 33.0 Å². The minimum absolute atomic E-state index is 0.254. The Kier molecular flexibility index (Phi) is 3.97. The minimum Gasteiger partial charge on any atom is -0.304 e. The number of aryl methyl sites for hydroxylation is 1. The van der Waals surface area contributed by atoms with E-state index in [1.807, 2.05) is 12.3 Å². The molecule has 2 heterocycles. The van der Waals surface area contributed by atoms with Gasteiger partial charge in [-0.15, -0.1) is 0 Å². The Morgan fingerprint density at radius 3 is 2.81 bits per heavy atom. The summed E-state index contributed by atoms with van der Waals surface area (Å²) in [6.07, 6.45) is 3.70. The van der Waals surface area contributed by atoms with Gasteiger partial charge in [0.15, 0.2) is 0 Å². The fourth-order valence-electron chi connectivity index (χ4n) is 2.57. The molecule has 0 unspecified atom stereocenters. The smallest absolute Gasteiger partial charge is 0.0841 e. The van der Waals surface area contributed by atoms with E-state index in [2.05, 4.69) is 59.2 Å². The van der Waals surface area contributed by atoms with Crippen LogP contribution in [0.5, 0.6) is 0 Å². The highest BCUT2D eigenvalue weighted by molar-refractivity contribution is 5.81. The molecule has 0 fully saturated rings. The first kappa shape index (κ1) is 13.8. The molecule has 0 amide bonds. The number of benzene rings is 1. The normalized spacial score (nSPS) is 12.7. The van der Waals surface area contributed by atoms with Gasteiger partial charge in [0.25, 0.3) is 0 Å². The summed E-state index contributed by atoms with van der Waals surface area (Å²) in [5, 5.41) is 9.47. The number of nitrogens with one attached hydrogen (secondary N) is 1. The fraction of sp³-hybridized carbons (Fsp3) is 0.294. The lowest BCUT2D eigenvalue weighted by Crippen LogP contribution is -2.18. The molecule has 0 saturated carbocycles. The van der Waals surface area contributed by atoms with Crippen LogP contribution in [-0.2, 0) is 13.1 Å². The third-order valence-corrected chi connectivity index (χ3v) is 3.79. The predicted molar refractivity (Wildman–Crippen MR) is 84.9 cm³/mol. The molecule has 108 valence electrons. The lowest BCUT2D eigenvalue weighted by atomic mass is 10.1. The number of para-hydroxylation sites is 1. The van der Waals surface area contributed by atoms with Crippen molar-refractivity contribution in [3.8, 4) is 0 Å². The van der Waals surface area contributed by atoms with Gasteiger partial charge in [0.1, 0.15) is 0 Å². The first-order valence-electron chi connectivity index (χ1n) is 7.37. The second-order valence-electron chi connectivity index (χ2n) is 5.17. The summed E-state index contributed by atoms with van der Waals surface area (Å²) in [7, 11) is 0. The number of pyridine rings is 1. The third kappa shape index (κ3) is 2.81. The van der Waals surface area contributed by atoms with Crippen LogP contribution in [0.1, 0.15) is 31.1 Å². The van der Waals surface area contributed by atoms with E-state index in [4.69, 9.17) is 5.10 Å². The molecule has 1 aromatic carbocycles. The fourth-order valence-corrected chi connectivity index (χ4v) is 2.57. The van der Waals surface area contributed by atoms with Crippen LogP contribution >= 0.6 is 0 Å². The van der Waals surface area contributed by atoms with Crippen molar-refractivity contribution in [2.75, 3.05) is 0 Å². The van der Waals surface area contributed by atoms with Crippen molar-refractivity contribution < 1.29 is 0 Å². The van der Waals surface area contributed by atoms with Gasteiger partial charge in [-0.1, -0.05) is 24.3 Å². The summed E-state index contributed by atoms with van der Waals surface area (Å²) in [6, 6.07) is 12.7. The summed E-state index contributed by atoms with van der Waals surface area (Å²) >= 11 is 0. The highest BCUT2D eigenvalue weighted by Gasteiger charge is 2.11. The van der Waals surface area contributed by atoms with E-state index in [-0.39, 0.29) is 6.04 Å². The first-order valence-corrected chi connectivity index (χ1v) is 7.37. The van der Waals surface area contributed by atoms with Crippen LogP contribution in [0.15, 0.2) is 48.8 Å². The van der Waals surface area contributed by atoms with Crippen molar-refractivity contribution in [2.24, 2.45) is 0 Å². The zero-order valence-corrected chi connectivity index (χ0v) is 12.5. The second kappa shape index (κ2) is 6.06. The lowest BCUT2D eigenvalue weighted by Gasteiger charge is -2.12. The predicted octanol–water partition coefficient (Wildman–Crippen LogP) is 3.30. The molecule has 21 heavy (non-hydrogen) atoms. The molecular formula is C17H20N4. The zero-order valence-electron chi connectivity index (χ0n) is 12.5. The van der Waals surface area contributed by atoms with E-state index in [1.165, 1.54) is 16.5 Å². The number of rotatable bonds is 5. The van der Waals surface area contributed by atoms with Crippen molar-refractivity contribution >= 4 is 10.9 Å². The molecule has 0 aliphatic rings. The molecule has 0 radical (unpaired) electrons. The van der Waals surface area contributed by atoms with Gasteiger partial charge in [0.05, 0.1) is 11.2 Å². The number of nitrogens with zero attached hydrogens (tertiary/aromatic N) is 3. The van der Waals surface area contributed by atoms with E-state index in [1.54, 1.807) is 6.20 Å². The van der Waals surface area contributed by atoms with Crippen LogP contribution < -0.4 is 5.32 Å². The van der Waals surface area contributed by atoms with Gasteiger partial charge in [-0.05, 0) is 31.5 Å². The van der Waals surface area contributed by atoms with Crippen LogP contribution in [0.25, 0.3) is 10.9 Å². The van der Waals surface area contributed by atoms with E-state index in [0.717, 1.165) is 18.8 Å². The van der Waals surface area contributed by atoms with Crippen molar-refractivity contribution in [1.29, 1.82) is 0 Å². The molecule has 0 bridgehead atoms. The lowest BCUT2D eigenvalue weighted by molar-refractivity contribution is 0.557. The van der Waals surface area contributed by atoms with Crippen LogP contribution in [0.4, 0.5) is 0 Å². The van der Waals surface area contributed by atoms with Gasteiger partial charge >= 0.3 is 0 Å². The van der Waals surface area contributed by atoms with Crippen LogP contribution in [-0.4, -0.2) is 14.8 Å². The highest BCUT2D eigenvalue weighted by atomic mass is 15.3. The van der Waals surface area contributed by atoms with Gasteiger partial charge in [0.2, 0.25) is 0 Å². The average Bonchev–Trinajstić information content (AvgIpc) is 2.91. The maximum atomic E-state index is 4.71. The maximum absolute atomic E-state index is 4.71. The summed E-state index contributed by atoms with van der Waals surface area (Å²) in [6.45, 7) is 5.91. The Hall–Kier alpha value is -2.20. The Balaban J connectivity index is 1.79. The van der Waals surface area contributed by atoms with Gasteiger partial charge in [0, 0.05) is 36.9 Å². The van der Waals surface area contributed by atoms with Crippen LogP contribution in [0.2, 0.25) is 0 Å². The van der Waals surface area contributed by atoms with Crippen molar-refractivity contribution in [3.63, 3.8) is 0 Å². The standard InChI is InChI=1S/C17H20N4/c1-3-21-17-9-5-4-8-15(17)16(20-21)12-19-13(2)14-7-6-10-18-11-14/h4-11,13,19H,3,12H2,1-2H3/t13-/m0/s1. The summed E-state index contributed by atoms with van der Waals surface area (Å²) < 4.78 is 2.06. The number of fused-ring (bicyclic) bond motifs is 1. The van der Waals surface area contributed by atoms with Crippen molar-refractivity contribution in [3.05, 3.63) is 60.0 Å². The Bertz CT molecular complexity index is 718. The van der Waals surface area contributed by atoms with Gasteiger partial charge < -0.3 is 5.32 Å². The molecule has 0 aliphatic heterocycles. The van der Waals surface area contributed by atoms with E-state index < -0.39 is 0 Å². The van der Waals surface area contributed by atoms with Gasteiger partial charge in [-0.2, -0.15) is 5.10 Å². The largest absolute Gasteiger partial charge is 0.304 e. The van der Waals surface area contributed by atoms with Gasteiger partial charge in [-0.25, -0.2) is 0 Å². The summed E-state index contributed by atoms with van der Waals surface area (Å²) in [5.74, 6) is 0. The Morgan fingerprint density at radius 1 is 1.19 bits per heavy atom. The first-order chi connectivity index (χ1) is 10.3. The molecule has 0 aliphatic carbocycles. The molecule has 1 atom stereocenters. The topological polar surface area (TPSA) is 42.7 Å². The van der Waals surface area contributed by atoms with Crippen molar-refractivity contribution in [1.82, 2.24) is 20.1 Å². The number of aromatic nitrogens is 3. The summed E-state index contributed by atoms with van der Waals surface area (Å²) in [5.41, 5.74) is 3.49.